The Labute approximate surface area is 88.0 Å². The number of sulfone groups is 1. The summed E-state index contributed by atoms with van der Waals surface area (Å²) in [5.41, 5.74) is 5.46. The van der Waals surface area contributed by atoms with Gasteiger partial charge in [0, 0.05) is 6.54 Å². The first-order valence-electron chi connectivity index (χ1n) is 4.72. The summed E-state index contributed by atoms with van der Waals surface area (Å²) in [7, 11) is -3.46. The van der Waals surface area contributed by atoms with Crippen molar-refractivity contribution >= 4 is 9.84 Å². The number of hydrogen-bond donors (Lipinski definition) is 1. The van der Waals surface area contributed by atoms with Gasteiger partial charge in [-0.15, -0.1) is 0 Å². The molecule has 1 saturated carbocycles. The molecule has 2 rings (SSSR count). The third kappa shape index (κ3) is 1.55. The van der Waals surface area contributed by atoms with Crippen LogP contribution in [0.25, 0.3) is 0 Å². The highest BCUT2D eigenvalue weighted by molar-refractivity contribution is 7.93. The van der Waals surface area contributed by atoms with Crippen LogP contribution >= 0.6 is 0 Å². The van der Waals surface area contributed by atoms with E-state index < -0.39 is 20.4 Å². The number of halogens is 1. The van der Waals surface area contributed by atoms with E-state index in [2.05, 4.69) is 0 Å². The van der Waals surface area contributed by atoms with Crippen LogP contribution in [0, 0.1) is 5.82 Å². The lowest BCUT2D eigenvalue weighted by Gasteiger charge is -2.13. The molecule has 0 bridgehead atoms. The highest BCUT2D eigenvalue weighted by Gasteiger charge is 2.53. The van der Waals surface area contributed by atoms with Gasteiger partial charge in [0.2, 0.25) is 0 Å². The van der Waals surface area contributed by atoms with Gasteiger partial charge in [0.05, 0.1) is 9.64 Å². The number of benzene rings is 1. The Balaban J connectivity index is 2.47. The van der Waals surface area contributed by atoms with Crippen molar-refractivity contribution in [3.63, 3.8) is 0 Å². The Bertz CT molecular complexity index is 480. The fourth-order valence-corrected chi connectivity index (χ4v) is 3.49. The van der Waals surface area contributed by atoms with Crippen LogP contribution in [0.1, 0.15) is 12.8 Å². The summed E-state index contributed by atoms with van der Waals surface area (Å²) < 4.78 is 36.2. The van der Waals surface area contributed by atoms with Crippen LogP contribution < -0.4 is 5.73 Å². The van der Waals surface area contributed by atoms with Crippen LogP contribution in [0.4, 0.5) is 4.39 Å². The summed E-state index contributed by atoms with van der Waals surface area (Å²) in [4.78, 5) is 0.0328. The van der Waals surface area contributed by atoms with Gasteiger partial charge in [-0.2, -0.15) is 0 Å². The highest BCUT2D eigenvalue weighted by atomic mass is 32.2. The Morgan fingerprint density at radius 2 is 2.07 bits per heavy atom. The molecule has 82 valence electrons. The van der Waals surface area contributed by atoms with Crippen LogP contribution in [-0.4, -0.2) is 19.7 Å². The Morgan fingerprint density at radius 3 is 2.53 bits per heavy atom. The van der Waals surface area contributed by atoms with Crippen LogP contribution in [0.3, 0.4) is 0 Å². The maximum absolute atomic E-state index is 12.9. The van der Waals surface area contributed by atoms with Crippen molar-refractivity contribution in [1.29, 1.82) is 0 Å². The summed E-state index contributed by atoms with van der Waals surface area (Å²) in [5, 5.41) is 0. The molecule has 3 nitrogen and oxygen atoms in total. The van der Waals surface area contributed by atoms with E-state index in [1.165, 1.54) is 18.2 Å². The molecular weight excluding hydrogens is 217 g/mol. The quantitative estimate of drug-likeness (QED) is 0.844. The molecule has 0 aromatic heterocycles. The highest BCUT2D eigenvalue weighted by Crippen LogP contribution is 2.45. The Morgan fingerprint density at radius 1 is 1.40 bits per heavy atom. The van der Waals surface area contributed by atoms with Gasteiger partial charge < -0.3 is 5.73 Å². The van der Waals surface area contributed by atoms with Crippen molar-refractivity contribution in [2.45, 2.75) is 22.5 Å². The van der Waals surface area contributed by atoms with Crippen LogP contribution in [-0.2, 0) is 9.84 Å². The van der Waals surface area contributed by atoms with Crippen molar-refractivity contribution in [2.24, 2.45) is 5.73 Å². The maximum atomic E-state index is 12.9. The number of nitrogens with two attached hydrogens (primary N) is 1. The topological polar surface area (TPSA) is 60.2 Å². The summed E-state index contributed by atoms with van der Waals surface area (Å²) in [6.45, 7) is 0.103. The summed E-state index contributed by atoms with van der Waals surface area (Å²) in [5.74, 6) is -0.538. The molecule has 0 radical (unpaired) electrons. The van der Waals surface area contributed by atoms with Gasteiger partial charge in [0.25, 0.3) is 0 Å². The Kier molecular flexibility index (Phi) is 2.31. The second-order valence-corrected chi connectivity index (χ2v) is 6.19. The summed E-state index contributed by atoms with van der Waals surface area (Å²) in [6.07, 6.45) is 1.14. The second-order valence-electron chi connectivity index (χ2n) is 3.85. The molecule has 1 aromatic carbocycles. The molecule has 0 amide bonds. The lowest BCUT2D eigenvalue weighted by atomic mass is 10.3. The lowest BCUT2D eigenvalue weighted by Crippen LogP contribution is -2.31. The standard InChI is InChI=1S/C10H12FNO2S/c11-8-2-1-3-9(6-8)15(13,14)10(7-12)4-5-10/h1-3,6H,4-5,7,12H2. The molecule has 0 unspecified atom stereocenters. The average molecular weight is 229 g/mol. The lowest BCUT2D eigenvalue weighted by molar-refractivity contribution is 0.573. The van der Waals surface area contributed by atoms with Gasteiger partial charge in [0.15, 0.2) is 9.84 Å². The fourth-order valence-electron chi connectivity index (χ4n) is 1.61. The molecule has 1 aromatic rings. The van der Waals surface area contributed by atoms with Gasteiger partial charge >= 0.3 is 0 Å². The minimum Gasteiger partial charge on any atom is -0.329 e. The van der Waals surface area contributed by atoms with Crippen LogP contribution in [0.15, 0.2) is 29.2 Å². The minimum absolute atomic E-state index is 0.0328. The van der Waals surface area contributed by atoms with Crippen molar-refractivity contribution in [2.75, 3.05) is 6.54 Å². The first-order valence-corrected chi connectivity index (χ1v) is 6.20. The largest absolute Gasteiger partial charge is 0.329 e. The molecule has 2 N–H and O–H groups in total. The van der Waals surface area contributed by atoms with E-state index in [9.17, 15) is 12.8 Å². The summed E-state index contributed by atoms with van der Waals surface area (Å²) >= 11 is 0. The molecular formula is C10H12FNO2S. The molecule has 0 spiro atoms. The zero-order chi connectivity index (χ0) is 11.1. The van der Waals surface area contributed by atoms with E-state index >= 15 is 0 Å². The maximum Gasteiger partial charge on any atom is 0.185 e. The van der Waals surface area contributed by atoms with E-state index in [0.717, 1.165) is 6.07 Å². The predicted octanol–water partition coefficient (Wildman–Crippen LogP) is 1.09. The molecule has 0 aliphatic heterocycles. The second kappa shape index (κ2) is 3.28. The molecule has 1 aliphatic carbocycles. The molecule has 0 atom stereocenters. The monoisotopic (exact) mass is 229 g/mol. The van der Waals surface area contributed by atoms with Gasteiger partial charge in [-0.1, -0.05) is 6.07 Å². The molecule has 0 saturated heterocycles. The van der Waals surface area contributed by atoms with Crippen molar-refractivity contribution < 1.29 is 12.8 Å². The van der Waals surface area contributed by atoms with Crippen molar-refractivity contribution in [1.82, 2.24) is 0 Å². The SMILES string of the molecule is NCC1(S(=O)(=O)c2cccc(F)c2)CC1. The zero-order valence-electron chi connectivity index (χ0n) is 8.11. The van der Waals surface area contributed by atoms with E-state index in [1.54, 1.807) is 0 Å². The normalized spacial score (nSPS) is 18.8. The predicted molar refractivity (Wildman–Crippen MR) is 54.6 cm³/mol. The average Bonchev–Trinajstić information content (AvgIpc) is 2.98. The number of rotatable bonds is 3. The first-order chi connectivity index (χ1) is 7.02. The molecule has 15 heavy (non-hydrogen) atoms. The van der Waals surface area contributed by atoms with Crippen molar-refractivity contribution in [3.8, 4) is 0 Å². The van der Waals surface area contributed by atoms with E-state index in [1.807, 2.05) is 0 Å². The third-order valence-electron chi connectivity index (χ3n) is 2.86. The van der Waals surface area contributed by atoms with Crippen LogP contribution in [0.2, 0.25) is 0 Å². The third-order valence-corrected chi connectivity index (χ3v) is 5.45. The van der Waals surface area contributed by atoms with Gasteiger partial charge in [-0.05, 0) is 31.0 Å². The molecule has 1 fully saturated rings. The minimum atomic E-state index is -3.46. The fraction of sp³-hybridized carbons (Fsp3) is 0.400. The van der Waals surface area contributed by atoms with Gasteiger partial charge in [0.1, 0.15) is 5.82 Å². The smallest absolute Gasteiger partial charge is 0.185 e. The van der Waals surface area contributed by atoms with E-state index in [-0.39, 0.29) is 11.4 Å². The van der Waals surface area contributed by atoms with Gasteiger partial charge in [-0.25, -0.2) is 12.8 Å². The Hall–Kier alpha value is -0.940. The van der Waals surface area contributed by atoms with Crippen LogP contribution in [0.5, 0.6) is 0 Å². The van der Waals surface area contributed by atoms with E-state index in [4.69, 9.17) is 5.73 Å². The molecule has 5 heteroatoms. The van der Waals surface area contributed by atoms with E-state index in [0.29, 0.717) is 12.8 Å². The zero-order valence-corrected chi connectivity index (χ0v) is 8.93. The van der Waals surface area contributed by atoms with Crippen molar-refractivity contribution in [3.05, 3.63) is 30.1 Å². The van der Waals surface area contributed by atoms with Gasteiger partial charge in [-0.3, -0.25) is 0 Å². The summed E-state index contributed by atoms with van der Waals surface area (Å²) in [6, 6.07) is 5.08. The molecule has 0 heterocycles. The first kappa shape index (κ1) is 10.6. The number of hydrogen-bond acceptors (Lipinski definition) is 3. The molecule has 1 aliphatic rings.